The predicted octanol–water partition coefficient (Wildman–Crippen LogP) is 3.27. The van der Waals surface area contributed by atoms with Crippen LogP contribution in [0.3, 0.4) is 0 Å². The van der Waals surface area contributed by atoms with Crippen molar-refractivity contribution >= 4 is 22.7 Å². The second-order valence-electron chi connectivity index (χ2n) is 3.82. The van der Waals surface area contributed by atoms with Crippen LogP contribution in [-0.2, 0) is 15.3 Å². The molecule has 1 fully saturated rings. The molecule has 3 unspecified atom stereocenters. The molecule has 1 saturated carbocycles. The van der Waals surface area contributed by atoms with Gasteiger partial charge in [0.2, 0.25) is 0 Å². The Morgan fingerprint density at radius 3 is 2.56 bits per heavy atom. The Morgan fingerprint density at radius 1 is 1.31 bits per heavy atom. The maximum absolute atomic E-state index is 12.9. The average Bonchev–Trinajstić information content (AvgIpc) is 2.65. The first-order valence-electron chi connectivity index (χ1n) is 5.13. The summed E-state index contributed by atoms with van der Waals surface area (Å²) in [7, 11) is 0. The van der Waals surface area contributed by atoms with Gasteiger partial charge >= 0.3 is 0 Å². The van der Waals surface area contributed by atoms with E-state index in [2.05, 4.69) is 0 Å². The van der Waals surface area contributed by atoms with Gasteiger partial charge in [0.15, 0.2) is 11.1 Å². The van der Waals surface area contributed by atoms with Crippen molar-refractivity contribution < 1.29 is 12.8 Å². The Bertz CT molecular complexity index is 382. The lowest BCUT2D eigenvalue weighted by molar-refractivity contribution is 0.218. The van der Waals surface area contributed by atoms with Crippen molar-refractivity contribution in [2.75, 3.05) is 0 Å². The topological polar surface area (TPSA) is 26.3 Å². The zero-order valence-electron chi connectivity index (χ0n) is 8.57. The number of hydrogen-bond donors (Lipinski definition) is 0. The van der Waals surface area contributed by atoms with E-state index in [9.17, 15) is 8.60 Å². The molecule has 1 aromatic carbocycles. The molecule has 0 aliphatic heterocycles. The predicted molar refractivity (Wildman–Crippen MR) is 61.5 cm³/mol. The molecule has 0 aromatic heterocycles. The summed E-state index contributed by atoms with van der Waals surface area (Å²) < 4.78 is 29.9. The number of benzene rings is 1. The summed E-state index contributed by atoms with van der Waals surface area (Å²) in [5, 5.41) is 0.588. The first kappa shape index (κ1) is 12.0. The van der Waals surface area contributed by atoms with Crippen LogP contribution in [0.15, 0.2) is 29.2 Å². The third-order valence-electron chi connectivity index (χ3n) is 2.55. The summed E-state index contributed by atoms with van der Waals surface area (Å²) in [6.07, 6.45) is 0.446. The van der Waals surface area contributed by atoms with Gasteiger partial charge in [-0.3, -0.25) is 4.18 Å². The van der Waals surface area contributed by atoms with Crippen LogP contribution in [0.1, 0.15) is 19.3 Å². The average molecular weight is 263 g/mol. The van der Waals surface area contributed by atoms with E-state index in [1.807, 2.05) is 0 Å². The van der Waals surface area contributed by atoms with Crippen LogP contribution in [0, 0.1) is 0 Å². The van der Waals surface area contributed by atoms with Gasteiger partial charge in [0.25, 0.3) is 0 Å². The fourth-order valence-electron chi connectivity index (χ4n) is 1.70. The van der Waals surface area contributed by atoms with Crippen molar-refractivity contribution in [2.45, 2.75) is 36.4 Å². The molecule has 0 amide bonds. The Labute approximate surface area is 101 Å². The third kappa shape index (κ3) is 3.03. The highest BCUT2D eigenvalue weighted by molar-refractivity contribution is 7.80. The van der Waals surface area contributed by atoms with Gasteiger partial charge in [-0.2, -0.15) is 0 Å². The number of halogens is 2. The fraction of sp³-hybridized carbons (Fsp3) is 0.455. The number of rotatable bonds is 3. The zero-order chi connectivity index (χ0) is 11.5. The van der Waals surface area contributed by atoms with E-state index < -0.39 is 17.3 Å². The molecular weight excluding hydrogens is 251 g/mol. The molecule has 0 heterocycles. The van der Waals surface area contributed by atoms with Crippen LogP contribution < -0.4 is 0 Å². The molecule has 0 radical (unpaired) electrons. The van der Waals surface area contributed by atoms with Crippen LogP contribution in [0.25, 0.3) is 0 Å². The van der Waals surface area contributed by atoms with Crippen molar-refractivity contribution in [1.29, 1.82) is 0 Å². The summed E-state index contributed by atoms with van der Waals surface area (Å²) in [5.74, 6) is 0. The highest BCUT2D eigenvalue weighted by atomic mass is 35.5. The minimum Gasteiger partial charge on any atom is -0.283 e. The van der Waals surface area contributed by atoms with Gasteiger partial charge < -0.3 is 0 Å². The molecule has 1 aliphatic rings. The van der Waals surface area contributed by atoms with Crippen molar-refractivity contribution in [3.63, 3.8) is 0 Å². The van der Waals surface area contributed by atoms with Crippen molar-refractivity contribution in [1.82, 2.24) is 0 Å². The molecule has 0 bridgehead atoms. The largest absolute Gasteiger partial charge is 0.283 e. The first-order valence-corrected chi connectivity index (χ1v) is 6.59. The van der Waals surface area contributed by atoms with Crippen LogP contribution in [-0.4, -0.2) is 16.5 Å². The molecule has 3 atom stereocenters. The van der Waals surface area contributed by atoms with Crippen molar-refractivity contribution in [2.24, 2.45) is 0 Å². The fourth-order valence-corrected chi connectivity index (χ4v) is 2.72. The highest BCUT2D eigenvalue weighted by Gasteiger charge is 2.27. The molecule has 1 aromatic rings. The maximum atomic E-state index is 12.9. The lowest BCUT2D eigenvalue weighted by Gasteiger charge is -2.09. The first-order chi connectivity index (χ1) is 7.65. The molecule has 2 rings (SSSR count). The van der Waals surface area contributed by atoms with Gasteiger partial charge in [0, 0.05) is 11.4 Å². The van der Waals surface area contributed by atoms with Crippen LogP contribution in [0.4, 0.5) is 4.39 Å². The zero-order valence-corrected chi connectivity index (χ0v) is 10.1. The van der Waals surface area contributed by atoms with E-state index >= 15 is 0 Å². The van der Waals surface area contributed by atoms with Crippen LogP contribution in [0.2, 0.25) is 5.02 Å². The van der Waals surface area contributed by atoms with Crippen molar-refractivity contribution in [3.8, 4) is 0 Å². The molecule has 0 spiro atoms. The van der Waals surface area contributed by atoms with Crippen LogP contribution in [0.5, 0.6) is 0 Å². The van der Waals surface area contributed by atoms with Crippen LogP contribution >= 0.6 is 11.6 Å². The van der Waals surface area contributed by atoms with Crippen molar-refractivity contribution in [3.05, 3.63) is 29.3 Å². The quantitative estimate of drug-likeness (QED) is 0.836. The lowest BCUT2D eigenvalue weighted by Crippen LogP contribution is -2.11. The highest BCUT2D eigenvalue weighted by Crippen LogP contribution is 2.26. The molecule has 1 aliphatic carbocycles. The molecule has 2 nitrogen and oxygen atoms in total. The Balaban J connectivity index is 1.95. The monoisotopic (exact) mass is 262 g/mol. The standard InChI is InChI=1S/C11H12ClFO2S/c12-8-1-5-11(6-2-8)16(14)15-10-4-3-9(13)7-10/h1-2,5-6,9-10H,3-4,7H2. The minimum atomic E-state index is -1.52. The Morgan fingerprint density at radius 2 is 2.00 bits per heavy atom. The van der Waals surface area contributed by atoms with E-state index in [1.165, 1.54) is 0 Å². The SMILES string of the molecule is O=S(OC1CCC(F)C1)c1ccc(Cl)cc1. The summed E-state index contributed by atoms with van der Waals surface area (Å²) in [6, 6.07) is 6.62. The van der Waals surface area contributed by atoms with Gasteiger partial charge in [0.05, 0.1) is 11.0 Å². The summed E-state index contributed by atoms with van der Waals surface area (Å²) in [6.45, 7) is 0. The summed E-state index contributed by atoms with van der Waals surface area (Å²) in [4.78, 5) is 0.562. The van der Waals surface area contributed by atoms with Gasteiger partial charge in [-0.1, -0.05) is 11.6 Å². The van der Waals surface area contributed by atoms with E-state index in [0.717, 1.165) is 0 Å². The normalized spacial score (nSPS) is 26.9. The van der Waals surface area contributed by atoms with E-state index in [4.69, 9.17) is 15.8 Å². The van der Waals surface area contributed by atoms with Gasteiger partial charge in [-0.05, 0) is 37.1 Å². The van der Waals surface area contributed by atoms with E-state index in [1.54, 1.807) is 24.3 Å². The van der Waals surface area contributed by atoms with E-state index in [-0.39, 0.29) is 6.10 Å². The second-order valence-corrected chi connectivity index (χ2v) is 5.39. The number of alkyl halides is 1. The molecule has 16 heavy (non-hydrogen) atoms. The van der Waals surface area contributed by atoms with Gasteiger partial charge in [-0.25, -0.2) is 8.60 Å². The Hall–Kier alpha value is -0.450. The molecule has 0 N–H and O–H groups in total. The smallest absolute Gasteiger partial charge is 0.189 e. The second kappa shape index (κ2) is 5.25. The molecule has 0 saturated heterocycles. The summed E-state index contributed by atoms with van der Waals surface area (Å²) in [5.41, 5.74) is 0. The lowest BCUT2D eigenvalue weighted by atomic mass is 10.3. The summed E-state index contributed by atoms with van der Waals surface area (Å²) >= 11 is 4.19. The Kier molecular flexibility index (Phi) is 3.95. The molecular formula is C11H12ClFO2S. The van der Waals surface area contributed by atoms with Gasteiger partial charge in [0.1, 0.15) is 6.17 Å². The van der Waals surface area contributed by atoms with Gasteiger partial charge in [-0.15, -0.1) is 0 Å². The maximum Gasteiger partial charge on any atom is 0.189 e. The third-order valence-corrected chi connectivity index (χ3v) is 3.91. The minimum absolute atomic E-state index is 0.230. The molecule has 5 heteroatoms. The van der Waals surface area contributed by atoms with E-state index in [0.29, 0.717) is 29.2 Å². The molecule has 88 valence electrons. The number of hydrogen-bond acceptors (Lipinski definition) is 2.